The molecule has 1 aliphatic rings. The summed E-state index contributed by atoms with van der Waals surface area (Å²) in [7, 11) is 0. The van der Waals surface area contributed by atoms with Crippen molar-refractivity contribution in [2.75, 3.05) is 6.61 Å². The van der Waals surface area contributed by atoms with Crippen LogP contribution in [-0.2, 0) is 25.4 Å². The van der Waals surface area contributed by atoms with Crippen LogP contribution in [0.2, 0.25) is 0 Å². The number of benzene rings is 6. The summed E-state index contributed by atoms with van der Waals surface area (Å²) in [4.78, 5) is 30.7. The van der Waals surface area contributed by atoms with Crippen LogP contribution in [0.1, 0.15) is 45.2 Å². The molecule has 0 radical (unpaired) electrons. The first-order chi connectivity index (χ1) is 28.5. The second kappa shape index (κ2) is 17.3. The monoisotopic (exact) mass is 832 g/mol. The molecule has 1 aromatic heterocycles. The predicted molar refractivity (Wildman–Crippen MR) is 228 cm³/mol. The number of aromatic nitrogens is 2. The third-order valence-electron chi connectivity index (χ3n) is 10.7. The van der Waals surface area contributed by atoms with E-state index in [-0.39, 0.29) is 12.2 Å². The molecule has 1 fully saturated rings. The van der Waals surface area contributed by atoms with Crippen molar-refractivity contribution in [2.24, 2.45) is 0 Å². The van der Waals surface area contributed by atoms with Crippen molar-refractivity contribution >= 4 is 22.0 Å². The number of rotatable bonds is 13. The Morgan fingerprint density at radius 3 is 1.38 bits per heavy atom. The average Bonchev–Trinajstić information content (AvgIpc) is 3.59. The second-order valence-electron chi connectivity index (χ2n) is 14.1. The smallest absolute Gasteiger partial charge is 0.330 e. The quantitative estimate of drug-likeness (QED) is 0.113. The van der Waals surface area contributed by atoms with Gasteiger partial charge in [0.2, 0.25) is 0 Å². The number of H-pyrrole nitrogens is 1. The normalized spacial score (nSPS) is 18.4. The van der Waals surface area contributed by atoms with Gasteiger partial charge in [-0.1, -0.05) is 198 Å². The molecule has 0 aliphatic carbocycles. The number of ether oxygens (including phenoxy) is 3. The first-order valence-corrected chi connectivity index (χ1v) is 20.0. The molecule has 0 bridgehead atoms. The van der Waals surface area contributed by atoms with Gasteiger partial charge >= 0.3 is 5.69 Å². The van der Waals surface area contributed by atoms with Gasteiger partial charge in [0.25, 0.3) is 5.56 Å². The number of aliphatic hydroxyl groups excluding tert-OH is 1. The Hall–Kier alpha value is -5.94. The van der Waals surface area contributed by atoms with Gasteiger partial charge in [-0.25, -0.2) is 4.79 Å². The van der Waals surface area contributed by atoms with E-state index in [1.54, 1.807) is 0 Å². The van der Waals surface area contributed by atoms with Gasteiger partial charge in [0.15, 0.2) is 6.23 Å². The molecule has 2 heterocycles. The van der Waals surface area contributed by atoms with Crippen LogP contribution >= 0.6 is 15.9 Å². The van der Waals surface area contributed by atoms with Crippen LogP contribution < -0.4 is 11.2 Å². The zero-order valence-electron chi connectivity index (χ0n) is 31.4. The molecule has 7 aromatic rings. The number of nitrogens with zero attached hydrogens (tertiary/aromatic N) is 1. The summed E-state index contributed by atoms with van der Waals surface area (Å²) in [6.45, 7) is -0.114. The van der Waals surface area contributed by atoms with Gasteiger partial charge in [-0.2, -0.15) is 0 Å². The van der Waals surface area contributed by atoms with Crippen LogP contribution in [0.15, 0.2) is 203 Å². The van der Waals surface area contributed by atoms with E-state index in [9.17, 15) is 14.7 Å². The Kier molecular flexibility index (Phi) is 11.6. The molecule has 1 aliphatic heterocycles. The standard InChI is InChI=1S/C49H41BrN2O6/c50-32-31-35-33-52(47(55)51-45(35)54)46-44(58-49(39-25-13-4-14-26-39,40-27-15-5-16-28-40)41-29-17-6-18-30-41)43(53)42(57-46)34-56-48(36-19-7-1-8-20-36,37-21-9-2-10-22-37)38-23-11-3-12-24-38/h1-33,42-44,46,53H,34H2,(H,51,54,55)/t42-,43-,44-,46-/m1/s1. The molecule has 8 rings (SSSR count). The molecule has 58 heavy (non-hydrogen) atoms. The lowest BCUT2D eigenvalue weighted by atomic mass is 9.79. The molecular formula is C49H41BrN2O6. The van der Waals surface area contributed by atoms with Crippen LogP contribution in [0.4, 0.5) is 0 Å². The van der Waals surface area contributed by atoms with Gasteiger partial charge in [-0.15, -0.1) is 0 Å². The highest BCUT2D eigenvalue weighted by molar-refractivity contribution is 9.11. The van der Waals surface area contributed by atoms with E-state index in [4.69, 9.17) is 14.2 Å². The minimum absolute atomic E-state index is 0.114. The Morgan fingerprint density at radius 2 is 1.00 bits per heavy atom. The highest BCUT2D eigenvalue weighted by Gasteiger charge is 2.52. The fourth-order valence-corrected chi connectivity index (χ4v) is 8.27. The van der Waals surface area contributed by atoms with E-state index in [0.29, 0.717) is 0 Å². The molecule has 6 aromatic carbocycles. The van der Waals surface area contributed by atoms with Crippen molar-refractivity contribution in [1.29, 1.82) is 0 Å². The Morgan fingerprint density at radius 1 is 0.621 bits per heavy atom. The summed E-state index contributed by atoms with van der Waals surface area (Å²) in [5, 5.41) is 12.7. The third-order valence-corrected chi connectivity index (χ3v) is 10.9. The fraction of sp³-hybridized carbons (Fsp3) is 0.143. The zero-order chi connectivity index (χ0) is 40.0. The topological polar surface area (TPSA) is 103 Å². The lowest BCUT2D eigenvalue weighted by molar-refractivity contribution is -0.125. The number of nitrogens with one attached hydrogen (secondary N) is 1. The SMILES string of the molecule is O=c1[nH]c(=O)n([C@@H]2O[C@H](COC(c3ccccc3)(c3ccccc3)c3ccccc3)[C@@H](O)[C@H]2OC(c2ccccc2)(c2ccccc2)c2ccccc2)cc1C=CBr. The van der Waals surface area contributed by atoms with Gasteiger partial charge in [0, 0.05) is 6.20 Å². The van der Waals surface area contributed by atoms with Crippen molar-refractivity contribution in [3.63, 3.8) is 0 Å². The van der Waals surface area contributed by atoms with Crippen LogP contribution in [0.5, 0.6) is 0 Å². The van der Waals surface area contributed by atoms with Gasteiger partial charge < -0.3 is 19.3 Å². The highest BCUT2D eigenvalue weighted by atomic mass is 79.9. The highest BCUT2D eigenvalue weighted by Crippen LogP contribution is 2.46. The van der Waals surface area contributed by atoms with Crippen molar-refractivity contribution in [2.45, 2.75) is 35.7 Å². The van der Waals surface area contributed by atoms with Crippen molar-refractivity contribution in [3.05, 3.63) is 253 Å². The van der Waals surface area contributed by atoms with Crippen LogP contribution in [0, 0.1) is 0 Å². The van der Waals surface area contributed by atoms with Crippen molar-refractivity contribution in [1.82, 2.24) is 9.55 Å². The van der Waals surface area contributed by atoms with Crippen molar-refractivity contribution < 1.29 is 19.3 Å². The molecule has 1 saturated heterocycles. The predicted octanol–water partition coefficient (Wildman–Crippen LogP) is 8.55. The lowest BCUT2D eigenvalue weighted by Crippen LogP contribution is -2.46. The number of aromatic amines is 1. The van der Waals surface area contributed by atoms with E-state index >= 15 is 0 Å². The fourth-order valence-electron chi connectivity index (χ4n) is 7.99. The summed E-state index contributed by atoms with van der Waals surface area (Å²) in [6.07, 6.45) is -1.79. The van der Waals surface area contributed by atoms with Crippen LogP contribution in [-0.4, -0.2) is 39.6 Å². The molecule has 0 saturated carbocycles. The van der Waals surface area contributed by atoms with E-state index in [2.05, 4.69) is 20.9 Å². The summed E-state index contributed by atoms with van der Waals surface area (Å²) < 4.78 is 22.7. The maximum Gasteiger partial charge on any atom is 0.330 e. The van der Waals surface area contributed by atoms with Gasteiger partial charge in [0.1, 0.15) is 29.5 Å². The summed E-state index contributed by atoms with van der Waals surface area (Å²) >= 11 is 3.26. The molecule has 9 heteroatoms. The van der Waals surface area contributed by atoms with E-state index in [1.807, 2.05) is 182 Å². The molecule has 2 N–H and O–H groups in total. The molecule has 8 nitrogen and oxygen atoms in total. The Labute approximate surface area is 344 Å². The molecule has 0 amide bonds. The molecular weight excluding hydrogens is 792 g/mol. The molecule has 0 spiro atoms. The first kappa shape index (κ1) is 38.9. The number of aliphatic hydroxyl groups is 1. The van der Waals surface area contributed by atoms with Gasteiger partial charge in [-0.3, -0.25) is 14.3 Å². The maximum absolute atomic E-state index is 13.8. The van der Waals surface area contributed by atoms with Gasteiger partial charge in [0.05, 0.1) is 12.2 Å². The van der Waals surface area contributed by atoms with Crippen LogP contribution in [0.25, 0.3) is 6.08 Å². The number of hydrogen-bond donors (Lipinski definition) is 2. The molecule has 4 atom stereocenters. The second-order valence-corrected chi connectivity index (χ2v) is 14.6. The Balaban J connectivity index is 1.29. The number of halogens is 1. The summed E-state index contributed by atoms with van der Waals surface area (Å²) in [6, 6.07) is 59.2. The van der Waals surface area contributed by atoms with E-state index < -0.39 is 47.0 Å². The minimum Gasteiger partial charge on any atom is -0.387 e. The van der Waals surface area contributed by atoms with Crippen molar-refractivity contribution in [3.8, 4) is 0 Å². The average molecular weight is 834 g/mol. The minimum atomic E-state index is -1.34. The first-order valence-electron chi connectivity index (χ1n) is 19.1. The Bertz CT molecular complexity index is 2360. The maximum atomic E-state index is 13.8. The summed E-state index contributed by atoms with van der Waals surface area (Å²) in [5.74, 6) is 0. The third kappa shape index (κ3) is 7.35. The lowest BCUT2D eigenvalue weighted by Gasteiger charge is -2.40. The van der Waals surface area contributed by atoms with E-state index in [0.717, 1.165) is 33.4 Å². The zero-order valence-corrected chi connectivity index (χ0v) is 33.0. The summed E-state index contributed by atoms with van der Waals surface area (Å²) in [5.41, 5.74) is 1.52. The number of hydrogen-bond acceptors (Lipinski definition) is 6. The molecule has 290 valence electrons. The largest absolute Gasteiger partial charge is 0.387 e. The van der Waals surface area contributed by atoms with E-state index in [1.165, 1.54) is 21.8 Å². The molecule has 0 unspecified atom stereocenters. The van der Waals surface area contributed by atoms with Crippen LogP contribution in [0.3, 0.4) is 0 Å². The van der Waals surface area contributed by atoms with Gasteiger partial charge in [-0.05, 0) is 44.4 Å².